The first kappa shape index (κ1) is 24.7. The van der Waals surface area contributed by atoms with Crippen LogP contribution < -0.4 is 4.74 Å². The molecular formula is C26H23F3N2O3S. The number of carbonyl (C=O) groups is 1. The Morgan fingerprint density at radius 1 is 1.09 bits per heavy atom. The lowest BCUT2D eigenvalue weighted by Crippen LogP contribution is -2.38. The molecule has 0 spiro atoms. The SMILES string of the molecule is Cc1cc(SC(c2cccc(C(F)(F)F)c2)c2cccc3[nH]ncc23)ccc1OC(C)(C)C(=O)O. The summed E-state index contributed by atoms with van der Waals surface area (Å²) >= 11 is 1.40. The zero-order chi connectivity index (χ0) is 25.4. The third-order valence-electron chi connectivity index (χ3n) is 5.60. The van der Waals surface area contributed by atoms with Crippen molar-refractivity contribution in [2.24, 2.45) is 0 Å². The highest BCUT2D eigenvalue weighted by Crippen LogP contribution is 2.45. The van der Waals surface area contributed by atoms with Crippen molar-refractivity contribution in [2.45, 2.75) is 42.7 Å². The average molecular weight is 501 g/mol. The van der Waals surface area contributed by atoms with Crippen LogP contribution in [0.1, 0.15) is 41.4 Å². The van der Waals surface area contributed by atoms with E-state index in [2.05, 4.69) is 10.2 Å². The van der Waals surface area contributed by atoms with Crippen molar-refractivity contribution >= 4 is 28.6 Å². The van der Waals surface area contributed by atoms with Gasteiger partial charge in [0, 0.05) is 10.3 Å². The van der Waals surface area contributed by atoms with Crippen LogP contribution in [0.4, 0.5) is 13.2 Å². The van der Waals surface area contributed by atoms with Crippen LogP contribution in [0.25, 0.3) is 10.9 Å². The summed E-state index contributed by atoms with van der Waals surface area (Å²) in [5.41, 5.74) is 0.714. The van der Waals surface area contributed by atoms with Gasteiger partial charge in [-0.2, -0.15) is 18.3 Å². The fourth-order valence-electron chi connectivity index (χ4n) is 3.67. The molecule has 0 aliphatic carbocycles. The van der Waals surface area contributed by atoms with Crippen molar-refractivity contribution in [3.63, 3.8) is 0 Å². The van der Waals surface area contributed by atoms with Gasteiger partial charge < -0.3 is 9.84 Å². The maximum atomic E-state index is 13.5. The van der Waals surface area contributed by atoms with E-state index < -0.39 is 28.6 Å². The standard InChI is InChI=1S/C26H23F3N2O3S/c1-15-12-18(10-11-22(15)34-25(2,3)24(32)33)35-23(16-6-4-7-17(13-16)26(27,28)29)19-8-5-9-21-20(19)14-30-31-21/h4-14,23H,1-3H3,(H,30,31)(H,32,33). The summed E-state index contributed by atoms with van der Waals surface area (Å²) in [5, 5.41) is 16.7. The van der Waals surface area contributed by atoms with Crippen LogP contribution in [-0.4, -0.2) is 26.9 Å². The van der Waals surface area contributed by atoms with E-state index in [0.717, 1.165) is 27.4 Å². The lowest BCUT2D eigenvalue weighted by atomic mass is 9.99. The van der Waals surface area contributed by atoms with Gasteiger partial charge in [0.15, 0.2) is 5.60 Å². The number of benzene rings is 3. The normalized spacial score (nSPS) is 13.1. The molecule has 4 aromatic rings. The largest absolute Gasteiger partial charge is 0.478 e. The molecule has 2 N–H and O–H groups in total. The molecule has 5 nitrogen and oxygen atoms in total. The van der Waals surface area contributed by atoms with Gasteiger partial charge in [-0.1, -0.05) is 30.3 Å². The number of hydrogen-bond donors (Lipinski definition) is 2. The Morgan fingerprint density at radius 3 is 2.51 bits per heavy atom. The van der Waals surface area contributed by atoms with Crippen molar-refractivity contribution in [1.82, 2.24) is 10.2 Å². The molecule has 0 radical (unpaired) electrons. The quantitative estimate of drug-likeness (QED) is 0.267. The Hall–Kier alpha value is -3.46. The Bertz CT molecular complexity index is 1380. The summed E-state index contributed by atoms with van der Waals surface area (Å²) < 4.78 is 46.1. The number of carboxylic acids is 1. The van der Waals surface area contributed by atoms with Gasteiger partial charge in [-0.05, 0) is 67.8 Å². The van der Waals surface area contributed by atoms with Gasteiger partial charge in [0.1, 0.15) is 5.75 Å². The number of nitrogens with zero attached hydrogens (tertiary/aromatic N) is 1. The van der Waals surface area contributed by atoms with Gasteiger partial charge in [0.25, 0.3) is 0 Å². The number of aryl methyl sites for hydroxylation is 1. The number of carboxylic acid groups (broad SMARTS) is 1. The summed E-state index contributed by atoms with van der Waals surface area (Å²) in [6.45, 7) is 4.73. The number of aromatic nitrogens is 2. The second kappa shape index (κ2) is 9.30. The first-order chi connectivity index (χ1) is 16.5. The van der Waals surface area contributed by atoms with Crippen molar-refractivity contribution in [3.05, 3.63) is 89.1 Å². The van der Waals surface area contributed by atoms with Gasteiger partial charge >= 0.3 is 12.1 Å². The van der Waals surface area contributed by atoms with Crippen LogP contribution in [0.5, 0.6) is 5.75 Å². The van der Waals surface area contributed by atoms with E-state index in [1.807, 2.05) is 24.3 Å². The highest BCUT2D eigenvalue weighted by Gasteiger charge is 2.32. The van der Waals surface area contributed by atoms with Crippen LogP contribution in [0.2, 0.25) is 0 Å². The molecule has 0 saturated heterocycles. The second-order valence-corrected chi connectivity index (χ2v) is 9.82. The predicted octanol–water partition coefficient (Wildman–Crippen LogP) is 7.01. The monoisotopic (exact) mass is 500 g/mol. The molecule has 0 aliphatic heterocycles. The smallest absolute Gasteiger partial charge is 0.416 e. The molecule has 1 unspecified atom stereocenters. The number of hydrogen-bond acceptors (Lipinski definition) is 4. The first-order valence-corrected chi connectivity index (χ1v) is 11.6. The van der Waals surface area contributed by atoms with E-state index >= 15 is 0 Å². The van der Waals surface area contributed by atoms with Crippen LogP contribution in [0.3, 0.4) is 0 Å². The molecule has 3 aromatic carbocycles. The van der Waals surface area contributed by atoms with Gasteiger partial charge in [-0.3, -0.25) is 5.10 Å². The minimum Gasteiger partial charge on any atom is -0.478 e. The molecule has 1 aromatic heterocycles. The summed E-state index contributed by atoms with van der Waals surface area (Å²) in [5.74, 6) is -0.664. The molecule has 1 heterocycles. The number of fused-ring (bicyclic) bond motifs is 1. The van der Waals surface area contributed by atoms with Gasteiger partial charge in [-0.25, -0.2) is 4.79 Å². The third-order valence-corrected chi connectivity index (χ3v) is 6.89. The summed E-state index contributed by atoms with van der Waals surface area (Å²) in [6, 6.07) is 16.2. The maximum Gasteiger partial charge on any atom is 0.416 e. The van der Waals surface area contributed by atoms with Crippen molar-refractivity contribution < 1.29 is 27.8 Å². The molecule has 1 atom stereocenters. The highest BCUT2D eigenvalue weighted by atomic mass is 32.2. The number of aliphatic carboxylic acids is 1. The lowest BCUT2D eigenvalue weighted by Gasteiger charge is -2.24. The zero-order valence-electron chi connectivity index (χ0n) is 19.2. The molecule has 0 fully saturated rings. The number of ether oxygens (including phenoxy) is 1. The fraction of sp³-hybridized carbons (Fsp3) is 0.231. The summed E-state index contributed by atoms with van der Waals surface area (Å²) in [4.78, 5) is 12.2. The number of H-pyrrole nitrogens is 1. The molecule has 4 rings (SSSR count). The van der Waals surface area contributed by atoms with E-state index in [-0.39, 0.29) is 0 Å². The van der Waals surface area contributed by atoms with Crippen LogP contribution in [0.15, 0.2) is 71.8 Å². The van der Waals surface area contributed by atoms with E-state index in [1.54, 1.807) is 31.3 Å². The number of rotatable bonds is 7. The van der Waals surface area contributed by atoms with Crippen molar-refractivity contribution in [3.8, 4) is 5.75 Å². The summed E-state index contributed by atoms with van der Waals surface area (Å²) in [7, 11) is 0. The van der Waals surface area contributed by atoms with E-state index in [0.29, 0.717) is 16.9 Å². The number of thioether (sulfide) groups is 1. The molecule has 0 bridgehead atoms. The molecular weight excluding hydrogens is 477 g/mol. The Morgan fingerprint density at radius 2 is 1.83 bits per heavy atom. The van der Waals surface area contributed by atoms with Gasteiger partial charge in [-0.15, -0.1) is 11.8 Å². The maximum absolute atomic E-state index is 13.5. The lowest BCUT2D eigenvalue weighted by molar-refractivity contribution is -0.152. The Labute approximate surface area is 204 Å². The van der Waals surface area contributed by atoms with E-state index in [1.165, 1.54) is 37.7 Å². The zero-order valence-corrected chi connectivity index (χ0v) is 20.0. The van der Waals surface area contributed by atoms with E-state index in [4.69, 9.17) is 4.74 Å². The summed E-state index contributed by atoms with van der Waals surface area (Å²) in [6.07, 6.45) is -2.79. The molecule has 0 aliphatic rings. The minimum absolute atomic E-state index is 0.425. The topological polar surface area (TPSA) is 75.2 Å². The number of aromatic amines is 1. The van der Waals surface area contributed by atoms with Crippen molar-refractivity contribution in [2.75, 3.05) is 0 Å². The highest BCUT2D eigenvalue weighted by molar-refractivity contribution is 7.99. The first-order valence-electron chi connectivity index (χ1n) is 10.7. The molecule has 0 saturated carbocycles. The number of halogens is 3. The molecule has 35 heavy (non-hydrogen) atoms. The van der Waals surface area contributed by atoms with Crippen LogP contribution >= 0.6 is 11.8 Å². The van der Waals surface area contributed by atoms with Crippen molar-refractivity contribution in [1.29, 1.82) is 0 Å². The predicted molar refractivity (Wildman–Crippen MR) is 129 cm³/mol. The fourth-order valence-corrected chi connectivity index (χ4v) is 4.95. The minimum atomic E-state index is -4.46. The third kappa shape index (κ3) is 5.30. The molecule has 0 amide bonds. The second-order valence-electron chi connectivity index (χ2n) is 8.64. The van der Waals surface area contributed by atoms with Crippen LogP contribution in [-0.2, 0) is 11.0 Å². The van der Waals surface area contributed by atoms with Crippen LogP contribution in [0, 0.1) is 6.92 Å². The van der Waals surface area contributed by atoms with Gasteiger partial charge in [0.05, 0.1) is 22.5 Å². The van der Waals surface area contributed by atoms with Gasteiger partial charge in [0.2, 0.25) is 0 Å². The molecule has 9 heteroatoms. The Kier molecular flexibility index (Phi) is 6.55. The molecule has 182 valence electrons. The average Bonchev–Trinajstić information content (AvgIpc) is 3.28. The Balaban J connectivity index is 1.75. The number of nitrogens with one attached hydrogen (secondary N) is 1. The van der Waals surface area contributed by atoms with E-state index in [9.17, 15) is 23.1 Å². The number of alkyl halides is 3.